The van der Waals surface area contributed by atoms with Crippen LogP contribution in [-0.2, 0) is 4.74 Å². The van der Waals surface area contributed by atoms with E-state index in [-0.39, 0.29) is 6.09 Å². The first kappa shape index (κ1) is 13.4. The quantitative estimate of drug-likeness (QED) is 0.827. The first-order chi connectivity index (χ1) is 10.3. The zero-order valence-corrected chi connectivity index (χ0v) is 12.0. The summed E-state index contributed by atoms with van der Waals surface area (Å²) in [6.07, 6.45) is -0.300. The average Bonchev–Trinajstić information content (AvgIpc) is 2.68. The van der Waals surface area contributed by atoms with Crippen molar-refractivity contribution in [2.45, 2.75) is 6.92 Å². The minimum absolute atomic E-state index is 0.300. The fourth-order valence-electron chi connectivity index (χ4n) is 2.51. The Bertz CT molecular complexity index is 662. The Kier molecular flexibility index (Phi) is 3.73. The Balaban J connectivity index is 1.95. The van der Waals surface area contributed by atoms with E-state index in [0.29, 0.717) is 13.2 Å². The SMILES string of the molecule is CC1=C(c2ccccc2)COC(=O)N(c2ccccc2)C1. The largest absolute Gasteiger partial charge is 0.444 e. The number of hydrogen-bond donors (Lipinski definition) is 0. The highest BCUT2D eigenvalue weighted by Gasteiger charge is 2.23. The van der Waals surface area contributed by atoms with Crippen LogP contribution in [0.1, 0.15) is 12.5 Å². The van der Waals surface area contributed by atoms with Crippen LogP contribution in [0.4, 0.5) is 10.5 Å². The van der Waals surface area contributed by atoms with Crippen molar-refractivity contribution < 1.29 is 9.53 Å². The molecule has 0 aromatic heterocycles. The molecule has 0 unspecified atom stereocenters. The Morgan fingerprint density at radius 2 is 1.57 bits per heavy atom. The van der Waals surface area contributed by atoms with Gasteiger partial charge >= 0.3 is 6.09 Å². The van der Waals surface area contributed by atoms with Crippen molar-refractivity contribution >= 4 is 17.4 Å². The summed E-state index contributed by atoms with van der Waals surface area (Å²) in [5.41, 5.74) is 4.20. The van der Waals surface area contributed by atoms with Gasteiger partial charge in [0, 0.05) is 5.69 Å². The van der Waals surface area contributed by atoms with Gasteiger partial charge in [0.15, 0.2) is 0 Å². The smallest absolute Gasteiger partial charge is 0.414 e. The van der Waals surface area contributed by atoms with E-state index in [1.165, 1.54) is 0 Å². The summed E-state index contributed by atoms with van der Waals surface area (Å²) in [5.74, 6) is 0. The van der Waals surface area contributed by atoms with Gasteiger partial charge < -0.3 is 4.74 Å². The minimum Gasteiger partial charge on any atom is -0.444 e. The van der Waals surface area contributed by atoms with Crippen molar-refractivity contribution in [1.29, 1.82) is 0 Å². The Morgan fingerprint density at radius 1 is 0.952 bits per heavy atom. The second kappa shape index (κ2) is 5.83. The molecule has 1 aliphatic heterocycles. The molecule has 1 amide bonds. The molecule has 0 fully saturated rings. The van der Waals surface area contributed by atoms with Crippen LogP contribution in [0.2, 0.25) is 0 Å². The number of benzene rings is 2. The summed E-state index contributed by atoms with van der Waals surface area (Å²) >= 11 is 0. The molecule has 0 atom stereocenters. The molecule has 3 heteroatoms. The maximum Gasteiger partial charge on any atom is 0.414 e. The van der Waals surface area contributed by atoms with Gasteiger partial charge in [-0.25, -0.2) is 4.79 Å². The molecular formula is C18H17NO2. The molecule has 0 radical (unpaired) electrons. The zero-order chi connectivity index (χ0) is 14.7. The molecule has 21 heavy (non-hydrogen) atoms. The number of ether oxygens (including phenoxy) is 1. The lowest BCUT2D eigenvalue weighted by Crippen LogP contribution is -2.31. The number of amides is 1. The Morgan fingerprint density at radius 3 is 2.24 bits per heavy atom. The van der Waals surface area contributed by atoms with E-state index in [1.54, 1.807) is 4.90 Å². The highest BCUT2D eigenvalue weighted by Crippen LogP contribution is 2.26. The number of cyclic esters (lactones) is 1. The molecule has 2 aromatic rings. The standard InChI is InChI=1S/C18H17NO2/c1-14-12-19(16-10-6-3-7-11-16)18(20)21-13-17(14)15-8-4-2-5-9-15/h2-11H,12-13H2,1H3. The number of carbonyl (C=O) groups is 1. The summed E-state index contributed by atoms with van der Waals surface area (Å²) in [6, 6.07) is 19.7. The second-order valence-electron chi connectivity index (χ2n) is 5.10. The fourth-order valence-corrected chi connectivity index (χ4v) is 2.51. The van der Waals surface area contributed by atoms with Crippen LogP contribution in [0.25, 0.3) is 5.57 Å². The van der Waals surface area contributed by atoms with Crippen LogP contribution in [-0.4, -0.2) is 19.2 Å². The lowest BCUT2D eigenvalue weighted by Gasteiger charge is -2.19. The molecule has 106 valence electrons. The number of anilines is 1. The maximum atomic E-state index is 12.2. The van der Waals surface area contributed by atoms with Crippen molar-refractivity contribution in [3.63, 3.8) is 0 Å². The van der Waals surface area contributed by atoms with Gasteiger partial charge in [-0.05, 0) is 35.8 Å². The summed E-state index contributed by atoms with van der Waals surface area (Å²) < 4.78 is 5.44. The van der Waals surface area contributed by atoms with Gasteiger partial charge in [-0.3, -0.25) is 4.90 Å². The van der Waals surface area contributed by atoms with E-state index >= 15 is 0 Å². The van der Waals surface area contributed by atoms with E-state index in [4.69, 9.17) is 4.74 Å². The van der Waals surface area contributed by atoms with Gasteiger partial charge in [-0.1, -0.05) is 48.5 Å². The van der Waals surface area contributed by atoms with Crippen LogP contribution in [0, 0.1) is 0 Å². The monoisotopic (exact) mass is 279 g/mol. The molecule has 0 aliphatic carbocycles. The molecule has 0 saturated heterocycles. The van der Waals surface area contributed by atoms with Crippen molar-refractivity contribution in [1.82, 2.24) is 0 Å². The Hall–Kier alpha value is -2.55. The van der Waals surface area contributed by atoms with Crippen molar-refractivity contribution in [2.75, 3.05) is 18.1 Å². The lowest BCUT2D eigenvalue weighted by atomic mass is 10.0. The summed E-state index contributed by atoms with van der Waals surface area (Å²) in [5, 5.41) is 0. The van der Waals surface area contributed by atoms with E-state index in [1.807, 2.05) is 60.7 Å². The molecule has 0 N–H and O–H groups in total. The predicted molar refractivity (Wildman–Crippen MR) is 84.2 cm³/mol. The molecule has 3 nitrogen and oxygen atoms in total. The topological polar surface area (TPSA) is 29.5 Å². The molecule has 0 spiro atoms. The van der Waals surface area contributed by atoms with Gasteiger partial charge in [-0.15, -0.1) is 0 Å². The van der Waals surface area contributed by atoms with Crippen LogP contribution < -0.4 is 4.90 Å². The number of carbonyl (C=O) groups excluding carboxylic acids is 1. The zero-order valence-electron chi connectivity index (χ0n) is 12.0. The van der Waals surface area contributed by atoms with E-state index < -0.39 is 0 Å². The van der Waals surface area contributed by atoms with Crippen LogP contribution >= 0.6 is 0 Å². The van der Waals surface area contributed by atoms with Gasteiger partial charge in [-0.2, -0.15) is 0 Å². The second-order valence-corrected chi connectivity index (χ2v) is 5.10. The molecule has 1 heterocycles. The third-order valence-electron chi connectivity index (χ3n) is 3.66. The number of para-hydroxylation sites is 1. The summed E-state index contributed by atoms with van der Waals surface area (Å²) in [7, 11) is 0. The predicted octanol–water partition coefficient (Wildman–Crippen LogP) is 4.12. The van der Waals surface area contributed by atoms with Gasteiger partial charge in [0.25, 0.3) is 0 Å². The van der Waals surface area contributed by atoms with Gasteiger partial charge in [0.05, 0.1) is 6.54 Å². The Labute approximate surface area is 124 Å². The molecule has 2 aromatic carbocycles. The molecule has 0 bridgehead atoms. The van der Waals surface area contributed by atoms with Crippen molar-refractivity contribution in [2.24, 2.45) is 0 Å². The summed E-state index contributed by atoms with van der Waals surface area (Å²) in [4.78, 5) is 13.9. The number of nitrogens with zero attached hydrogens (tertiary/aromatic N) is 1. The molecule has 3 rings (SSSR count). The molecule has 1 aliphatic rings. The fraction of sp³-hybridized carbons (Fsp3) is 0.167. The maximum absolute atomic E-state index is 12.2. The third-order valence-corrected chi connectivity index (χ3v) is 3.66. The highest BCUT2D eigenvalue weighted by atomic mass is 16.6. The third kappa shape index (κ3) is 2.82. The minimum atomic E-state index is -0.300. The van der Waals surface area contributed by atoms with Gasteiger partial charge in [0.1, 0.15) is 6.61 Å². The first-order valence-electron chi connectivity index (χ1n) is 6.99. The van der Waals surface area contributed by atoms with Crippen LogP contribution in [0.5, 0.6) is 0 Å². The van der Waals surface area contributed by atoms with Crippen LogP contribution in [0.3, 0.4) is 0 Å². The number of rotatable bonds is 2. The van der Waals surface area contributed by atoms with E-state index in [2.05, 4.69) is 6.92 Å². The lowest BCUT2D eigenvalue weighted by molar-refractivity contribution is 0.170. The highest BCUT2D eigenvalue weighted by molar-refractivity contribution is 5.90. The van der Waals surface area contributed by atoms with Crippen molar-refractivity contribution in [3.05, 3.63) is 71.8 Å². The normalized spacial score (nSPS) is 15.7. The van der Waals surface area contributed by atoms with Crippen molar-refractivity contribution in [3.8, 4) is 0 Å². The molecular weight excluding hydrogens is 262 g/mol. The van der Waals surface area contributed by atoms with E-state index in [0.717, 1.165) is 22.4 Å². The first-order valence-corrected chi connectivity index (χ1v) is 6.99. The van der Waals surface area contributed by atoms with E-state index in [9.17, 15) is 4.79 Å². The molecule has 0 saturated carbocycles. The van der Waals surface area contributed by atoms with Gasteiger partial charge in [0.2, 0.25) is 0 Å². The summed E-state index contributed by atoms with van der Waals surface area (Å²) in [6.45, 7) is 2.92. The number of hydrogen-bond acceptors (Lipinski definition) is 2. The van der Waals surface area contributed by atoms with Crippen LogP contribution in [0.15, 0.2) is 66.2 Å². The average molecular weight is 279 g/mol.